The number of nitrogens with zero attached hydrogens (tertiary/aromatic N) is 1. The van der Waals surface area contributed by atoms with E-state index in [-0.39, 0.29) is 18.5 Å². The zero-order valence-corrected chi connectivity index (χ0v) is 8.63. The third-order valence-corrected chi connectivity index (χ3v) is 2.46. The molecule has 0 radical (unpaired) electrons. The Bertz CT molecular complexity index is 292. The molecule has 6 heteroatoms. The number of likely N-dealkylation sites (N-methyl/N-ethyl adjacent to an activating group) is 1. The number of rotatable bonds is 2. The number of carbonyl (C=O) groups is 2. The largest absolute Gasteiger partial charge is 0.463 e. The molecule has 0 saturated carbocycles. The van der Waals surface area contributed by atoms with E-state index in [1.165, 1.54) is 6.92 Å². The number of esters is 1. The minimum absolute atomic E-state index is 0.0656. The Hall–Kier alpha value is -1.14. The van der Waals surface area contributed by atoms with Gasteiger partial charge in [-0.25, -0.2) is 0 Å². The molecule has 0 aliphatic carbocycles. The summed E-state index contributed by atoms with van der Waals surface area (Å²) < 4.78 is 15.5. The van der Waals surface area contributed by atoms with E-state index in [4.69, 9.17) is 14.2 Å². The van der Waals surface area contributed by atoms with Gasteiger partial charge in [-0.15, -0.1) is 0 Å². The molecule has 0 aromatic carbocycles. The first-order chi connectivity index (χ1) is 7.08. The van der Waals surface area contributed by atoms with Crippen LogP contribution in [0.5, 0.6) is 0 Å². The van der Waals surface area contributed by atoms with E-state index < -0.39 is 18.5 Å². The van der Waals surface area contributed by atoms with Crippen LogP contribution in [0, 0.1) is 0 Å². The van der Waals surface area contributed by atoms with Crippen molar-refractivity contribution in [2.45, 2.75) is 25.4 Å². The smallest absolute Gasteiger partial charge is 0.302 e. The first kappa shape index (κ1) is 10.4. The molecular weight excluding hydrogens is 202 g/mol. The van der Waals surface area contributed by atoms with Crippen LogP contribution in [0.15, 0.2) is 0 Å². The third kappa shape index (κ3) is 1.95. The topological polar surface area (TPSA) is 65.1 Å². The fourth-order valence-corrected chi connectivity index (χ4v) is 1.71. The van der Waals surface area contributed by atoms with Crippen molar-refractivity contribution >= 4 is 11.9 Å². The molecule has 2 saturated heterocycles. The maximum atomic E-state index is 11.6. The molecule has 2 heterocycles. The number of fused-ring (bicyclic) bond motifs is 2. The van der Waals surface area contributed by atoms with Gasteiger partial charge in [-0.3, -0.25) is 9.59 Å². The number of hydrogen-bond acceptors (Lipinski definition) is 5. The summed E-state index contributed by atoms with van der Waals surface area (Å²) in [6.45, 7) is 1.80. The number of carbonyl (C=O) groups excluding carboxylic acids is 2. The summed E-state index contributed by atoms with van der Waals surface area (Å²) >= 11 is 0. The number of hydrogen-bond donors (Lipinski definition) is 0. The second-order valence-electron chi connectivity index (χ2n) is 3.68. The van der Waals surface area contributed by atoms with Crippen molar-refractivity contribution < 1.29 is 23.8 Å². The van der Waals surface area contributed by atoms with Gasteiger partial charge in [-0.05, 0) is 0 Å². The molecule has 2 fully saturated rings. The zero-order chi connectivity index (χ0) is 11.0. The second kappa shape index (κ2) is 3.79. The van der Waals surface area contributed by atoms with Crippen molar-refractivity contribution in [2.24, 2.45) is 0 Å². The highest BCUT2D eigenvalue weighted by atomic mass is 16.7. The van der Waals surface area contributed by atoms with Gasteiger partial charge in [0.15, 0.2) is 12.4 Å². The second-order valence-corrected chi connectivity index (χ2v) is 3.68. The average molecular weight is 215 g/mol. The molecule has 6 nitrogen and oxygen atoms in total. The van der Waals surface area contributed by atoms with Crippen molar-refractivity contribution in [3.8, 4) is 0 Å². The van der Waals surface area contributed by atoms with Crippen LogP contribution < -0.4 is 0 Å². The monoisotopic (exact) mass is 215 g/mol. The van der Waals surface area contributed by atoms with Gasteiger partial charge in [-0.1, -0.05) is 0 Å². The molecule has 0 spiro atoms. The van der Waals surface area contributed by atoms with Crippen LogP contribution in [0.25, 0.3) is 0 Å². The molecule has 0 aromatic rings. The maximum absolute atomic E-state index is 11.6. The quantitative estimate of drug-likeness (QED) is 0.560. The zero-order valence-electron chi connectivity index (χ0n) is 8.63. The Morgan fingerprint density at radius 2 is 2.33 bits per heavy atom. The maximum Gasteiger partial charge on any atom is 0.302 e. The minimum Gasteiger partial charge on any atom is -0.463 e. The molecule has 2 aliphatic heterocycles. The van der Waals surface area contributed by atoms with Gasteiger partial charge in [-0.2, -0.15) is 0 Å². The van der Waals surface area contributed by atoms with Crippen LogP contribution in [0.2, 0.25) is 0 Å². The normalized spacial score (nSPS) is 34.4. The van der Waals surface area contributed by atoms with E-state index in [1.54, 1.807) is 11.9 Å². The molecule has 2 bridgehead atoms. The lowest BCUT2D eigenvalue weighted by molar-refractivity contribution is -0.159. The first-order valence-corrected chi connectivity index (χ1v) is 4.77. The molecule has 3 atom stereocenters. The molecule has 2 aliphatic rings. The fourth-order valence-electron chi connectivity index (χ4n) is 1.71. The molecule has 2 rings (SSSR count). The highest BCUT2D eigenvalue weighted by Gasteiger charge is 2.47. The summed E-state index contributed by atoms with van der Waals surface area (Å²) in [4.78, 5) is 23.8. The van der Waals surface area contributed by atoms with E-state index in [0.29, 0.717) is 6.54 Å². The molecule has 84 valence electrons. The summed E-state index contributed by atoms with van der Waals surface area (Å²) in [7, 11) is 1.70. The van der Waals surface area contributed by atoms with Crippen molar-refractivity contribution in [1.29, 1.82) is 0 Å². The predicted octanol–water partition coefficient (Wildman–Crippen LogP) is -0.868. The van der Waals surface area contributed by atoms with Crippen molar-refractivity contribution in [1.82, 2.24) is 4.90 Å². The number of morpholine rings is 1. The average Bonchev–Trinajstić information content (AvgIpc) is 2.51. The van der Waals surface area contributed by atoms with Crippen LogP contribution >= 0.6 is 0 Å². The Labute approximate surface area is 87.1 Å². The van der Waals surface area contributed by atoms with Crippen LogP contribution in [-0.2, 0) is 23.8 Å². The summed E-state index contributed by atoms with van der Waals surface area (Å²) in [5.74, 6) is -0.512. The Balaban J connectivity index is 1.98. The highest BCUT2D eigenvalue weighted by Crippen LogP contribution is 2.26. The van der Waals surface area contributed by atoms with E-state index in [0.717, 1.165) is 0 Å². The number of ether oxygens (including phenoxy) is 3. The lowest BCUT2D eigenvalue weighted by Crippen LogP contribution is -2.47. The van der Waals surface area contributed by atoms with Gasteiger partial charge in [0.1, 0.15) is 12.7 Å². The molecular formula is C9H13NO5. The van der Waals surface area contributed by atoms with Crippen LogP contribution in [0.3, 0.4) is 0 Å². The third-order valence-electron chi connectivity index (χ3n) is 2.46. The predicted molar refractivity (Wildman–Crippen MR) is 47.8 cm³/mol. The Kier molecular flexibility index (Phi) is 2.62. The van der Waals surface area contributed by atoms with E-state index >= 15 is 0 Å². The van der Waals surface area contributed by atoms with E-state index in [1.807, 2.05) is 0 Å². The van der Waals surface area contributed by atoms with Crippen LogP contribution in [0.1, 0.15) is 6.92 Å². The molecule has 0 N–H and O–H groups in total. The summed E-state index contributed by atoms with van der Waals surface area (Å²) in [6.07, 6.45) is -1.50. The Morgan fingerprint density at radius 1 is 1.60 bits per heavy atom. The molecule has 1 amide bonds. The van der Waals surface area contributed by atoms with Gasteiger partial charge in [0.05, 0.1) is 6.54 Å². The van der Waals surface area contributed by atoms with Gasteiger partial charge < -0.3 is 19.1 Å². The van der Waals surface area contributed by atoms with Gasteiger partial charge in [0.25, 0.3) is 5.91 Å². The Morgan fingerprint density at radius 3 is 3.00 bits per heavy atom. The highest BCUT2D eigenvalue weighted by molar-refractivity contribution is 5.82. The molecule has 15 heavy (non-hydrogen) atoms. The minimum atomic E-state index is -0.631. The van der Waals surface area contributed by atoms with Crippen LogP contribution in [-0.4, -0.2) is 55.5 Å². The standard InChI is InChI=1S/C9H13NO5/c1-5(11)13-4-6-8-9(12)10(2)3-7(14-6)15-8/h6-8H,3-4H2,1-2H3/t6-,7-,8-/m1/s1. The van der Waals surface area contributed by atoms with E-state index in [2.05, 4.69) is 0 Å². The summed E-state index contributed by atoms with van der Waals surface area (Å²) in [5.41, 5.74) is 0. The van der Waals surface area contributed by atoms with Crippen molar-refractivity contribution in [3.05, 3.63) is 0 Å². The lowest BCUT2D eigenvalue weighted by atomic mass is 10.2. The van der Waals surface area contributed by atoms with Gasteiger partial charge in [0, 0.05) is 14.0 Å². The van der Waals surface area contributed by atoms with Gasteiger partial charge >= 0.3 is 5.97 Å². The van der Waals surface area contributed by atoms with Crippen molar-refractivity contribution in [3.63, 3.8) is 0 Å². The number of amides is 1. The van der Waals surface area contributed by atoms with Crippen molar-refractivity contribution in [2.75, 3.05) is 20.2 Å². The van der Waals surface area contributed by atoms with Gasteiger partial charge in [0.2, 0.25) is 0 Å². The molecule has 0 unspecified atom stereocenters. The molecule has 0 aromatic heterocycles. The summed E-state index contributed by atoms with van der Waals surface area (Å²) in [6, 6.07) is 0. The first-order valence-electron chi connectivity index (χ1n) is 4.77. The summed E-state index contributed by atoms with van der Waals surface area (Å²) in [5, 5.41) is 0. The lowest BCUT2D eigenvalue weighted by Gasteiger charge is -2.26. The van der Waals surface area contributed by atoms with Crippen LogP contribution in [0.4, 0.5) is 0 Å². The van der Waals surface area contributed by atoms with E-state index in [9.17, 15) is 9.59 Å². The SMILES string of the molecule is CC(=O)OC[C@H]1O[C@H]2CN(C)C(=O)[C@@H]1O2. The fraction of sp³-hybridized carbons (Fsp3) is 0.778.